The summed E-state index contributed by atoms with van der Waals surface area (Å²) in [6.45, 7) is 2.09. The normalized spacial score (nSPS) is 11.9. The van der Waals surface area contributed by atoms with E-state index in [1.807, 2.05) is 0 Å². The lowest BCUT2D eigenvalue weighted by Gasteiger charge is -2.08. The van der Waals surface area contributed by atoms with Crippen LogP contribution >= 0.6 is 0 Å². The molecule has 0 radical (unpaired) electrons. The summed E-state index contributed by atoms with van der Waals surface area (Å²) in [4.78, 5) is 14.3. The van der Waals surface area contributed by atoms with Gasteiger partial charge in [0, 0.05) is 19.7 Å². The first-order valence-corrected chi connectivity index (χ1v) is 5.29. The molecule has 1 heterocycles. The quantitative estimate of drug-likeness (QED) is 0.510. The number of nitro groups is 1. The highest BCUT2D eigenvalue weighted by Gasteiger charge is 2.15. The summed E-state index contributed by atoms with van der Waals surface area (Å²) in [5.74, 6) is 0.762. The molecule has 1 rings (SSSR count). The third-order valence-electron chi connectivity index (χ3n) is 2.18. The zero-order valence-electron chi connectivity index (χ0n) is 9.80. The van der Waals surface area contributed by atoms with Crippen molar-refractivity contribution in [3.8, 4) is 0 Å². The molecular formula is C10H16N4O3. The van der Waals surface area contributed by atoms with Gasteiger partial charge in [-0.2, -0.15) is 0 Å². The minimum atomic E-state index is -0.489. The van der Waals surface area contributed by atoms with Crippen molar-refractivity contribution in [2.45, 2.75) is 19.4 Å². The largest absolute Gasteiger partial charge is 0.393 e. The lowest BCUT2D eigenvalue weighted by Crippen LogP contribution is -2.12. The van der Waals surface area contributed by atoms with Gasteiger partial charge in [-0.1, -0.05) is 0 Å². The van der Waals surface area contributed by atoms with Crippen LogP contribution in [0.25, 0.3) is 0 Å². The highest BCUT2D eigenvalue weighted by molar-refractivity contribution is 5.60. The summed E-state index contributed by atoms with van der Waals surface area (Å²) in [6, 6.07) is 2.93. The summed E-state index contributed by atoms with van der Waals surface area (Å²) < 4.78 is 0. The molecule has 1 aromatic heterocycles. The highest BCUT2D eigenvalue weighted by Crippen LogP contribution is 2.23. The zero-order valence-corrected chi connectivity index (χ0v) is 9.80. The van der Waals surface area contributed by atoms with Gasteiger partial charge >= 0.3 is 5.69 Å². The number of rotatable bonds is 6. The Bertz CT molecular complexity index is 395. The van der Waals surface area contributed by atoms with Gasteiger partial charge in [-0.05, 0) is 19.4 Å². The van der Waals surface area contributed by atoms with E-state index in [1.54, 1.807) is 14.0 Å². The molecular weight excluding hydrogens is 224 g/mol. The molecule has 7 heteroatoms. The van der Waals surface area contributed by atoms with Crippen molar-refractivity contribution >= 4 is 17.3 Å². The Morgan fingerprint density at radius 3 is 2.82 bits per heavy atom. The summed E-state index contributed by atoms with van der Waals surface area (Å²) in [5.41, 5.74) is -0.0745. The summed E-state index contributed by atoms with van der Waals surface area (Å²) in [7, 11) is 1.69. The van der Waals surface area contributed by atoms with Gasteiger partial charge in [0.25, 0.3) is 0 Å². The number of hydrogen-bond acceptors (Lipinski definition) is 6. The summed E-state index contributed by atoms with van der Waals surface area (Å²) >= 11 is 0. The second-order valence-electron chi connectivity index (χ2n) is 3.64. The second-order valence-corrected chi connectivity index (χ2v) is 3.64. The van der Waals surface area contributed by atoms with Crippen LogP contribution in [-0.2, 0) is 0 Å². The Hall–Kier alpha value is -1.89. The van der Waals surface area contributed by atoms with Crippen LogP contribution < -0.4 is 10.6 Å². The van der Waals surface area contributed by atoms with E-state index in [1.165, 1.54) is 12.1 Å². The first-order valence-electron chi connectivity index (χ1n) is 5.29. The van der Waals surface area contributed by atoms with Crippen molar-refractivity contribution in [3.63, 3.8) is 0 Å². The molecule has 3 N–H and O–H groups in total. The number of pyridine rings is 1. The average Bonchev–Trinajstić information content (AvgIpc) is 2.28. The van der Waals surface area contributed by atoms with Gasteiger partial charge in [0.05, 0.1) is 11.0 Å². The highest BCUT2D eigenvalue weighted by atomic mass is 16.6. The fraction of sp³-hybridized carbons (Fsp3) is 0.500. The molecule has 0 saturated carbocycles. The number of nitrogens with one attached hydrogen (secondary N) is 2. The lowest BCUT2D eigenvalue weighted by atomic mass is 10.3. The molecule has 17 heavy (non-hydrogen) atoms. The number of nitrogens with zero attached hydrogens (tertiary/aromatic N) is 2. The van der Waals surface area contributed by atoms with Crippen molar-refractivity contribution in [2.24, 2.45) is 0 Å². The van der Waals surface area contributed by atoms with Gasteiger partial charge in [-0.25, -0.2) is 4.98 Å². The molecule has 0 spiro atoms. The molecule has 0 fully saturated rings. The fourth-order valence-electron chi connectivity index (χ4n) is 1.27. The van der Waals surface area contributed by atoms with Crippen molar-refractivity contribution in [1.29, 1.82) is 0 Å². The number of anilines is 2. The molecule has 0 aliphatic rings. The van der Waals surface area contributed by atoms with Crippen LogP contribution in [0, 0.1) is 10.1 Å². The second kappa shape index (κ2) is 6.00. The van der Waals surface area contributed by atoms with Crippen LogP contribution in [0.1, 0.15) is 13.3 Å². The van der Waals surface area contributed by atoms with E-state index in [-0.39, 0.29) is 11.5 Å². The Labute approximate surface area is 99.0 Å². The minimum absolute atomic E-state index is 0.0745. The molecule has 94 valence electrons. The van der Waals surface area contributed by atoms with E-state index >= 15 is 0 Å². The van der Waals surface area contributed by atoms with E-state index in [0.29, 0.717) is 18.8 Å². The van der Waals surface area contributed by atoms with Crippen molar-refractivity contribution < 1.29 is 10.0 Å². The predicted molar refractivity (Wildman–Crippen MR) is 65.2 cm³/mol. The Kier molecular flexibility index (Phi) is 4.65. The van der Waals surface area contributed by atoms with Gasteiger partial charge in [-0.3, -0.25) is 10.1 Å². The first kappa shape index (κ1) is 13.2. The average molecular weight is 240 g/mol. The molecule has 0 aliphatic heterocycles. The number of aromatic nitrogens is 1. The third kappa shape index (κ3) is 3.87. The molecule has 0 bridgehead atoms. The maximum Gasteiger partial charge on any atom is 0.311 e. The van der Waals surface area contributed by atoms with Gasteiger partial charge in [0.15, 0.2) is 0 Å². The Balaban J connectivity index is 2.82. The van der Waals surface area contributed by atoms with Crippen LogP contribution in [0.4, 0.5) is 17.3 Å². The number of aliphatic hydroxyl groups excluding tert-OH is 1. The van der Waals surface area contributed by atoms with Gasteiger partial charge < -0.3 is 15.7 Å². The maximum atomic E-state index is 10.8. The molecule has 0 aliphatic carbocycles. The smallest absolute Gasteiger partial charge is 0.311 e. The standard InChI is InChI=1S/C10H16N4O3/c1-7(15)5-6-12-10-8(14(16)17)3-4-9(11-2)13-10/h3-4,7,15H,5-6H2,1-2H3,(H2,11,12,13). The topological polar surface area (TPSA) is 100 Å². The van der Waals surface area contributed by atoms with Gasteiger partial charge in [0.1, 0.15) is 5.82 Å². The summed E-state index contributed by atoms with van der Waals surface area (Å²) in [5, 5.41) is 25.5. The first-order chi connectivity index (χ1) is 8.04. The Morgan fingerprint density at radius 2 is 2.29 bits per heavy atom. The van der Waals surface area contributed by atoms with E-state index in [4.69, 9.17) is 5.11 Å². The van der Waals surface area contributed by atoms with Crippen LogP contribution in [0.3, 0.4) is 0 Å². The fourth-order valence-corrected chi connectivity index (χ4v) is 1.27. The van der Waals surface area contributed by atoms with Gasteiger partial charge in [-0.15, -0.1) is 0 Å². The van der Waals surface area contributed by atoms with E-state index in [0.717, 1.165) is 0 Å². The van der Waals surface area contributed by atoms with Crippen LogP contribution in [0.5, 0.6) is 0 Å². The molecule has 1 unspecified atom stereocenters. The monoisotopic (exact) mass is 240 g/mol. The van der Waals surface area contributed by atoms with E-state index in [9.17, 15) is 10.1 Å². The van der Waals surface area contributed by atoms with E-state index in [2.05, 4.69) is 15.6 Å². The van der Waals surface area contributed by atoms with Gasteiger partial charge in [0.2, 0.25) is 5.82 Å². The SMILES string of the molecule is CNc1ccc([N+](=O)[O-])c(NCCC(C)O)n1. The third-order valence-corrected chi connectivity index (χ3v) is 2.18. The summed E-state index contributed by atoms with van der Waals surface area (Å²) in [6.07, 6.45) is 0.0526. The van der Waals surface area contributed by atoms with Crippen molar-refractivity contribution in [2.75, 3.05) is 24.2 Å². The van der Waals surface area contributed by atoms with Crippen molar-refractivity contribution in [1.82, 2.24) is 4.98 Å². The number of hydrogen-bond donors (Lipinski definition) is 3. The number of aliphatic hydroxyl groups is 1. The minimum Gasteiger partial charge on any atom is -0.393 e. The van der Waals surface area contributed by atoms with Crippen LogP contribution in [-0.4, -0.2) is 34.7 Å². The molecule has 0 saturated heterocycles. The molecule has 1 atom stereocenters. The molecule has 1 aromatic rings. The molecule has 0 aromatic carbocycles. The lowest BCUT2D eigenvalue weighted by molar-refractivity contribution is -0.384. The van der Waals surface area contributed by atoms with Crippen LogP contribution in [0.15, 0.2) is 12.1 Å². The molecule has 0 amide bonds. The van der Waals surface area contributed by atoms with Crippen molar-refractivity contribution in [3.05, 3.63) is 22.2 Å². The maximum absolute atomic E-state index is 10.8. The molecule has 7 nitrogen and oxygen atoms in total. The predicted octanol–water partition coefficient (Wildman–Crippen LogP) is 1.21. The van der Waals surface area contributed by atoms with Crippen LogP contribution in [0.2, 0.25) is 0 Å². The zero-order chi connectivity index (χ0) is 12.8. The Morgan fingerprint density at radius 1 is 1.59 bits per heavy atom. The van der Waals surface area contributed by atoms with E-state index < -0.39 is 11.0 Å².